The van der Waals surface area contributed by atoms with Gasteiger partial charge < -0.3 is 11.1 Å². The van der Waals surface area contributed by atoms with E-state index in [0.29, 0.717) is 13.0 Å². The van der Waals surface area contributed by atoms with E-state index in [2.05, 4.69) is 35.1 Å². The average Bonchev–Trinajstić information content (AvgIpc) is 2.38. The van der Waals surface area contributed by atoms with Gasteiger partial charge in [0, 0.05) is 16.6 Å². The molecule has 100 valence electrons. The van der Waals surface area contributed by atoms with E-state index in [1.807, 2.05) is 18.2 Å². The smallest absolute Gasteiger partial charge is 0.224 e. The first-order valence-electron chi connectivity index (χ1n) is 6.39. The Hall–Kier alpha value is -0.870. The summed E-state index contributed by atoms with van der Waals surface area (Å²) in [5.74, 6) is 0.315. The number of nitrogens with two attached hydrogens (primary N) is 1. The van der Waals surface area contributed by atoms with Crippen LogP contribution in [0.2, 0.25) is 0 Å². The molecule has 3 N–H and O–H groups in total. The number of carbonyl (C=O) groups excluding carboxylic acids is 1. The molecule has 0 saturated heterocycles. The molecule has 0 radical (unpaired) electrons. The molecule has 0 bridgehead atoms. The van der Waals surface area contributed by atoms with Crippen molar-refractivity contribution in [2.45, 2.75) is 33.1 Å². The average molecular weight is 313 g/mol. The zero-order valence-electron chi connectivity index (χ0n) is 11.0. The predicted molar refractivity (Wildman–Crippen MR) is 79.6 cm³/mol. The Labute approximate surface area is 117 Å². The van der Waals surface area contributed by atoms with Crippen LogP contribution < -0.4 is 11.1 Å². The van der Waals surface area contributed by atoms with E-state index in [4.69, 9.17) is 5.73 Å². The first-order valence-corrected chi connectivity index (χ1v) is 7.18. The third-order valence-electron chi connectivity index (χ3n) is 3.11. The van der Waals surface area contributed by atoms with E-state index >= 15 is 0 Å². The monoisotopic (exact) mass is 312 g/mol. The summed E-state index contributed by atoms with van der Waals surface area (Å²) in [6, 6.07) is 5.91. The van der Waals surface area contributed by atoms with Crippen LogP contribution in [0.1, 0.15) is 32.3 Å². The van der Waals surface area contributed by atoms with Crippen molar-refractivity contribution in [1.82, 2.24) is 0 Å². The zero-order valence-corrected chi connectivity index (χ0v) is 12.6. The molecule has 3 nitrogen and oxygen atoms in total. The highest BCUT2D eigenvalue weighted by molar-refractivity contribution is 9.10. The highest BCUT2D eigenvalue weighted by Gasteiger charge is 2.12. The highest BCUT2D eigenvalue weighted by Crippen LogP contribution is 2.22. The van der Waals surface area contributed by atoms with Crippen molar-refractivity contribution >= 4 is 27.5 Å². The lowest BCUT2D eigenvalue weighted by Gasteiger charge is -2.14. The first kappa shape index (κ1) is 15.2. The summed E-state index contributed by atoms with van der Waals surface area (Å²) in [5, 5.41) is 2.97. The maximum Gasteiger partial charge on any atom is 0.224 e. The molecule has 1 aromatic carbocycles. The number of amides is 1. The maximum absolute atomic E-state index is 11.9. The minimum Gasteiger partial charge on any atom is -0.330 e. The fraction of sp³-hybridized carbons (Fsp3) is 0.500. The standard InChI is InChI=1S/C14H21BrN2O/c1-3-10(9-16)7-14(18)17-13-6-5-12(15)8-11(13)4-2/h5-6,8,10H,3-4,7,9,16H2,1-2H3,(H,17,18). The van der Waals surface area contributed by atoms with Crippen molar-refractivity contribution in [2.75, 3.05) is 11.9 Å². The molecule has 1 atom stereocenters. The van der Waals surface area contributed by atoms with Gasteiger partial charge in [-0.25, -0.2) is 0 Å². The molecule has 0 spiro atoms. The molecule has 1 amide bonds. The fourth-order valence-corrected chi connectivity index (χ4v) is 2.24. The number of hydrogen-bond acceptors (Lipinski definition) is 2. The van der Waals surface area contributed by atoms with Gasteiger partial charge in [0.1, 0.15) is 0 Å². The van der Waals surface area contributed by atoms with Crippen LogP contribution in [0.5, 0.6) is 0 Å². The molecule has 0 heterocycles. The number of benzene rings is 1. The summed E-state index contributed by atoms with van der Waals surface area (Å²) in [6.07, 6.45) is 2.32. The highest BCUT2D eigenvalue weighted by atomic mass is 79.9. The van der Waals surface area contributed by atoms with Gasteiger partial charge in [-0.3, -0.25) is 4.79 Å². The number of carbonyl (C=O) groups is 1. The Morgan fingerprint density at radius 3 is 2.72 bits per heavy atom. The second-order valence-corrected chi connectivity index (χ2v) is 5.33. The van der Waals surface area contributed by atoms with E-state index in [9.17, 15) is 4.79 Å². The van der Waals surface area contributed by atoms with Gasteiger partial charge in [0.05, 0.1) is 0 Å². The maximum atomic E-state index is 11.9. The number of rotatable bonds is 6. The largest absolute Gasteiger partial charge is 0.330 e. The predicted octanol–water partition coefficient (Wildman–Crippen LogP) is 3.33. The third kappa shape index (κ3) is 4.42. The Balaban J connectivity index is 2.69. The second-order valence-electron chi connectivity index (χ2n) is 4.42. The summed E-state index contributed by atoms with van der Waals surface area (Å²) in [5.41, 5.74) is 7.65. The molecule has 1 unspecified atom stereocenters. The van der Waals surface area contributed by atoms with Gasteiger partial charge in [-0.1, -0.05) is 36.2 Å². The van der Waals surface area contributed by atoms with Crippen LogP contribution in [-0.4, -0.2) is 12.5 Å². The molecular formula is C14H21BrN2O. The summed E-state index contributed by atoms with van der Waals surface area (Å²) in [6.45, 7) is 4.69. The molecule has 0 aliphatic heterocycles. The van der Waals surface area contributed by atoms with Gasteiger partial charge in [0.25, 0.3) is 0 Å². The van der Waals surface area contributed by atoms with Crippen molar-refractivity contribution in [3.05, 3.63) is 28.2 Å². The van der Waals surface area contributed by atoms with E-state index in [1.165, 1.54) is 0 Å². The van der Waals surface area contributed by atoms with Gasteiger partial charge in [0.15, 0.2) is 0 Å². The molecule has 0 aromatic heterocycles. The number of anilines is 1. The fourth-order valence-electron chi connectivity index (χ4n) is 1.83. The van der Waals surface area contributed by atoms with E-state index in [-0.39, 0.29) is 11.8 Å². The minimum absolute atomic E-state index is 0.0457. The Kier molecular flexibility index (Phi) is 6.36. The molecule has 18 heavy (non-hydrogen) atoms. The van der Waals surface area contributed by atoms with Crippen LogP contribution in [-0.2, 0) is 11.2 Å². The number of aryl methyl sites for hydroxylation is 1. The Bertz CT molecular complexity index is 403. The van der Waals surface area contributed by atoms with Crippen LogP contribution in [0.25, 0.3) is 0 Å². The molecule has 0 aliphatic carbocycles. The van der Waals surface area contributed by atoms with Crippen LogP contribution in [0, 0.1) is 5.92 Å². The number of halogens is 1. The summed E-state index contributed by atoms with van der Waals surface area (Å²) < 4.78 is 1.03. The molecular weight excluding hydrogens is 292 g/mol. The van der Waals surface area contributed by atoms with Crippen molar-refractivity contribution < 1.29 is 4.79 Å². The molecule has 0 fully saturated rings. The summed E-state index contributed by atoms with van der Waals surface area (Å²) in [7, 11) is 0. The minimum atomic E-state index is 0.0457. The Morgan fingerprint density at radius 1 is 1.44 bits per heavy atom. The Morgan fingerprint density at radius 2 is 2.17 bits per heavy atom. The quantitative estimate of drug-likeness (QED) is 0.846. The van der Waals surface area contributed by atoms with Gasteiger partial charge in [0.2, 0.25) is 5.91 Å². The van der Waals surface area contributed by atoms with E-state index in [0.717, 1.165) is 28.6 Å². The number of nitrogens with one attached hydrogen (secondary N) is 1. The molecule has 1 aromatic rings. The second kappa shape index (κ2) is 7.54. The summed E-state index contributed by atoms with van der Waals surface area (Å²) >= 11 is 3.44. The molecule has 4 heteroatoms. The number of hydrogen-bond donors (Lipinski definition) is 2. The SMILES string of the molecule is CCc1cc(Br)ccc1NC(=O)CC(CC)CN. The van der Waals surface area contributed by atoms with E-state index < -0.39 is 0 Å². The zero-order chi connectivity index (χ0) is 13.5. The van der Waals surface area contributed by atoms with Crippen LogP contribution in [0.15, 0.2) is 22.7 Å². The van der Waals surface area contributed by atoms with Crippen molar-refractivity contribution in [3.8, 4) is 0 Å². The van der Waals surface area contributed by atoms with Crippen LogP contribution in [0.4, 0.5) is 5.69 Å². The van der Waals surface area contributed by atoms with Gasteiger partial charge in [-0.05, 0) is 42.6 Å². The summed E-state index contributed by atoms with van der Waals surface area (Å²) in [4.78, 5) is 11.9. The van der Waals surface area contributed by atoms with Gasteiger partial charge in [-0.15, -0.1) is 0 Å². The van der Waals surface area contributed by atoms with Crippen LogP contribution >= 0.6 is 15.9 Å². The van der Waals surface area contributed by atoms with E-state index in [1.54, 1.807) is 0 Å². The van der Waals surface area contributed by atoms with Crippen LogP contribution in [0.3, 0.4) is 0 Å². The lowest BCUT2D eigenvalue weighted by Crippen LogP contribution is -2.22. The van der Waals surface area contributed by atoms with Gasteiger partial charge in [-0.2, -0.15) is 0 Å². The topological polar surface area (TPSA) is 55.1 Å². The third-order valence-corrected chi connectivity index (χ3v) is 3.60. The molecule has 0 saturated carbocycles. The van der Waals surface area contributed by atoms with Crippen molar-refractivity contribution in [2.24, 2.45) is 11.7 Å². The molecule has 0 aliphatic rings. The lowest BCUT2D eigenvalue weighted by atomic mass is 10.0. The van der Waals surface area contributed by atoms with Crippen molar-refractivity contribution in [3.63, 3.8) is 0 Å². The van der Waals surface area contributed by atoms with Gasteiger partial charge >= 0.3 is 0 Å². The first-order chi connectivity index (χ1) is 8.60. The lowest BCUT2D eigenvalue weighted by molar-refractivity contribution is -0.117. The molecule has 1 rings (SSSR count). The van der Waals surface area contributed by atoms with Crippen molar-refractivity contribution in [1.29, 1.82) is 0 Å². The normalized spacial score (nSPS) is 12.2.